The maximum Gasteiger partial charge on any atom is 0.224 e. The Bertz CT molecular complexity index is 404. The van der Waals surface area contributed by atoms with Gasteiger partial charge in [-0.1, -0.05) is 6.92 Å². The molecule has 0 fully saturated rings. The van der Waals surface area contributed by atoms with Crippen LogP contribution in [-0.2, 0) is 4.79 Å². The summed E-state index contributed by atoms with van der Waals surface area (Å²) in [6.07, 6.45) is 0. The molecule has 0 radical (unpaired) electrons. The van der Waals surface area contributed by atoms with Crippen LogP contribution in [0.4, 0.5) is 0 Å². The zero-order valence-electron chi connectivity index (χ0n) is 11.6. The first-order chi connectivity index (χ1) is 7.82. The van der Waals surface area contributed by atoms with Crippen molar-refractivity contribution in [3.05, 3.63) is 21.4 Å². The molecule has 18 heavy (non-hydrogen) atoms. The van der Waals surface area contributed by atoms with Crippen LogP contribution in [-0.4, -0.2) is 11.9 Å². The van der Waals surface area contributed by atoms with Gasteiger partial charge < -0.3 is 11.1 Å². The number of thiophene rings is 1. The Balaban J connectivity index is 0.00000289. The van der Waals surface area contributed by atoms with E-state index in [9.17, 15) is 4.79 Å². The molecule has 1 heterocycles. The van der Waals surface area contributed by atoms with Gasteiger partial charge in [-0.25, -0.2) is 0 Å². The standard InChI is InChI=1S/C13H22N2OS.ClH/c1-7-6-12(11(5)17-7)10(4)15-13(16)8(2)9(3)14;/h6,8-10H,14H2,1-5H3,(H,15,16);1H. The fourth-order valence-corrected chi connectivity index (χ4v) is 2.76. The molecule has 0 bridgehead atoms. The summed E-state index contributed by atoms with van der Waals surface area (Å²) in [4.78, 5) is 14.4. The van der Waals surface area contributed by atoms with Crippen LogP contribution in [0.3, 0.4) is 0 Å². The molecular weight excluding hydrogens is 268 g/mol. The molecule has 1 amide bonds. The number of nitrogens with two attached hydrogens (primary N) is 1. The Morgan fingerprint density at radius 1 is 1.33 bits per heavy atom. The first-order valence-electron chi connectivity index (χ1n) is 5.95. The van der Waals surface area contributed by atoms with Gasteiger partial charge in [0.05, 0.1) is 6.04 Å². The van der Waals surface area contributed by atoms with Gasteiger partial charge in [-0.15, -0.1) is 23.7 Å². The molecule has 0 aliphatic rings. The van der Waals surface area contributed by atoms with Crippen LogP contribution >= 0.6 is 23.7 Å². The van der Waals surface area contributed by atoms with E-state index in [1.54, 1.807) is 11.3 Å². The van der Waals surface area contributed by atoms with Gasteiger partial charge in [0.2, 0.25) is 5.91 Å². The quantitative estimate of drug-likeness (QED) is 0.896. The van der Waals surface area contributed by atoms with Crippen LogP contribution in [0.25, 0.3) is 0 Å². The highest BCUT2D eigenvalue weighted by atomic mass is 35.5. The van der Waals surface area contributed by atoms with E-state index in [2.05, 4.69) is 25.2 Å². The third kappa shape index (κ3) is 4.26. The third-order valence-corrected chi connectivity index (χ3v) is 4.09. The first-order valence-corrected chi connectivity index (χ1v) is 6.77. The van der Waals surface area contributed by atoms with Crippen LogP contribution in [0.5, 0.6) is 0 Å². The second-order valence-electron chi connectivity index (χ2n) is 4.75. The average Bonchev–Trinajstić information content (AvgIpc) is 2.56. The van der Waals surface area contributed by atoms with Crippen molar-refractivity contribution >= 4 is 29.7 Å². The molecule has 3 nitrogen and oxygen atoms in total. The van der Waals surface area contributed by atoms with E-state index in [-0.39, 0.29) is 36.3 Å². The Morgan fingerprint density at radius 3 is 2.28 bits per heavy atom. The fraction of sp³-hybridized carbons (Fsp3) is 0.615. The van der Waals surface area contributed by atoms with Crippen molar-refractivity contribution in [3.8, 4) is 0 Å². The Morgan fingerprint density at radius 2 is 1.89 bits per heavy atom. The SMILES string of the molecule is Cc1cc(C(C)NC(=O)C(C)C(C)N)c(C)s1.Cl. The minimum absolute atomic E-state index is 0. The van der Waals surface area contributed by atoms with E-state index < -0.39 is 0 Å². The summed E-state index contributed by atoms with van der Waals surface area (Å²) in [6.45, 7) is 9.90. The summed E-state index contributed by atoms with van der Waals surface area (Å²) in [5.41, 5.74) is 6.93. The second-order valence-corrected chi connectivity index (χ2v) is 6.21. The van der Waals surface area contributed by atoms with Gasteiger partial charge in [-0.2, -0.15) is 0 Å². The largest absolute Gasteiger partial charge is 0.349 e. The molecule has 3 atom stereocenters. The van der Waals surface area contributed by atoms with Crippen molar-refractivity contribution < 1.29 is 4.79 Å². The summed E-state index contributed by atoms with van der Waals surface area (Å²) in [7, 11) is 0. The molecule has 1 rings (SSSR count). The molecule has 0 aliphatic carbocycles. The highest BCUT2D eigenvalue weighted by Crippen LogP contribution is 2.26. The highest BCUT2D eigenvalue weighted by molar-refractivity contribution is 7.12. The molecule has 1 aromatic heterocycles. The van der Waals surface area contributed by atoms with Crippen molar-refractivity contribution in [2.24, 2.45) is 11.7 Å². The van der Waals surface area contributed by atoms with Gasteiger partial charge in [0.25, 0.3) is 0 Å². The highest BCUT2D eigenvalue weighted by Gasteiger charge is 2.20. The number of hydrogen-bond donors (Lipinski definition) is 2. The lowest BCUT2D eigenvalue weighted by Gasteiger charge is -2.19. The lowest BCUT2D eigenvalue weighted by molar-refractivity contribution is -0.125. The number of halogens is 1. The van der Waals surface area contributed by atoms with Gasteiger partial charge in [0.1, 0.15) is 0 Å². The number of carbonyl (C=O) groups excluding carboxylic acids is 1. The van der Waals surface area contributed by atoms with E-state index in [1.165, 1.54) is 15.3 Å². The number of hydrogen-bond acceptors (Lipinski definition) is 3. The summed E-state index contributed by atoms with van der Waals surface area (Å²) >= 11 is 1.76. The summed E-state index contributed by atoms with van der Waals surface area (Å²) < 4.78 is 0. The van der Waals surface area contributed by atoms with Crippen molar-refractivity contribution in [2.75, 3.05) is 0 Å². The molecular formula is C13H23ClN2OS. The van der Waals surface area contributed by atoms with Crippen molar-refractivity contribution in [1.82, 2.24) is 5.32 Å². The maximum atomic E-state index is 11.9. The minimum atomic E-state index is -0.155. The van der Waals surface area contributed by atoms with E-state index >= 15 is 0 Å². The Labute approximate surface area is 120 Å². The van der Waals surface area contributed by atoms with Gasteiger partial charge in [0, 0.05) is 21.7 Å². The fourth-order valence-electron chi connectivity index (χ4n) is 1.74. The average molecular weight is 291 g/mol. The van der Waals surface area contributed by atoms with Gasteiger partial charge in [-0.05, 0) is 39.3 Å². The smallest absolute Gasteiger partial charge is 0.224 e. The Hall–Kier alpha value is -0.580. The lowest BCUT2D eigenvalue weighted by Crippen LogP contribution is -2.39. The number of carbonyl (C=O) groups is 1. The topological polar surface area (TPSA) is 55.1 Å². The predicted octanol–water partition coefficient (Wildman–Crippen LogP) is 2.95. The molecule has 0 aliphatic heterocycles. The van der Waals surface area contributed by atoms with E-state index in [0.717, 1.165) is 0 Å². The maximum absolute atomic E-state index is 11.9. The molecule has 3 unspecified atom stereocenters. The van der Waals surface area contributed by atoms with Crippen molar-refractivity contribution in [3.63, 3.8) is 0 Å². The minimum Gasteiger partial charge on any atom is -0.349 e. The molecule has 0 saturated heterocycles. The molecule has 1 aromatic rings. The van der Waals surface area contributed by atoms with E-state index in [4.69, 9.17) is 5.73 Å². The zero-order valence-corrected chi connectivity index (χ0v) is 13.2. The van der Waals surface area contributed by atoms with Crippen molar-refractivity contribution in [1.29, 1.82) is 0 Å². The summed E-state index contributed by atoms with van der Waals surface area (Å²) in [6, 6.07) is 2.07. The second kappa shape index (κ2) is 7.12. The molecule has 0 aromatic carbocycles. The van der Waals surface area contributed by atoms with Gasteiger partial charge in [0.15, 0.2) is 0 Å². The first kappa shape index (κ1) is 17.4. The molecule has 5 heteroatoms. The Kier molecular flexibility index (Phi) is 6.89. The van der Waals surface area contributed by atoms with Crippen LogP contribution < -0.4 is 11.1 Å². The van der Waals surface area contributed by atoms with Crippen molar-refractivity contribution in [2.45, 2.75) is 46.7 Å². The van der Waals surface area contributed by atoms with Crippen LogP contribution in [0.2, 0.25) is 0 Å². The molecule has 0 saturated carbocycles. The van der Waals surface area contributed by atoms with Crippen LogP contribution in [0.15, 0.2) is 6.07 Å². The molecule has 0 spiro atoms. The number of rotatable bonds is 4. The predicted molar refractivity (Wildman–Crippen MR) is 80.4 cm³/mol. The monoisotopic (exact) mass is 290 g/mol. The van der Waals surface area contributed by atoms with E-state index in [0.29, 0.717) is 0 Å². The summed E-state index contributed by atoms with van der Waals surface area (Å²) in [5.74, 6) is -0.131. The third-order valence-electron chi connectivity index (χ3n) is 3.11. The van der Waals surface area contributed by atoms with E-state index in [1.807, 2.05) is 20.8 Å². The van der Waals surface area contributed by atoms with Gasteiger partial charge in [-0.3, -0.25) is 4.79 Å². The number of amides is 1. The number of aryl methyl sites for hydroxylation is 2. The normalized spacial score (nSPS) is 15.4. The molecule has 3 N–H and O–H groups in total. The van der Waals surface area contributed by atoms with Crippen LogP contribution in [0, 0.1) is 19.8 Å². The zero-order chi connectivity index (χ0) is 13.2. The summed E-state index contributed by atoms with van der Waals surface area (Å²) in [5, 5.41) is 3.02. The van der Waals surface area contributed by atoms with Crippen LogP contribution in [0.1, 0.15) is 42.1 Å². The molecule has 104 valence electrons. The lowest BCUT2D eigenvalue weighted by atomic mass is 10.0. The number of nitrogens with one attached hydrogen (secondary N) is 1. The van der Waals surface area contributed by atoms with Gasteiger partial charge >= 0.3 is 0 Å².